The van der Waals surface area contributed by atoms with Gasteiger partial charge in [-0.15, -0.1) is 0 Å². The minimum Gasteiger partial charge on any atom is -0.385 e. The predicted molar refractivity (Wildman–Crippen MR) is 127 cm³/mol. The van der Waals surface area contributed by atoms with Gasteiger partial charge in [0.05, 0.1) is 0 Å². The van der Waals surface area contributed by atoms with Crippen molar-refractivity contribution in [2.45, 2.75) is 55.4 Å². The third-order valence-corrected chi connectivity index (χ3v) is 6.45. The lowest BCUT2D eigenvalue weighted by atomic mass is 10.1. The first-order valence-corrected chi connectivity index (χ1v) is 11.9. The third kappa shape index (κ3) is 5.14. The summed E-state index contributed by atoms with van der Waals surface area (Å²) in [6.07, 6.45) is 0. The molecule has 0 aliphatic heterocycles. The van der Waals surface area contributed by atoms with Crippen molar-refractivity contribution in [3.05, 3.63) is 87.0 Å². The SMILES string of the molecule is Cc1cc(C)c(OP(=O)(Oc2c(C)cccc2C)Oc2c(C)cc(C)cc2C)c(C)c1. The Bertz CT molecular complexity index is 1050. The summed E-state index contributed by atoms with van der Waals surface area (Å²) in [6, 6.07) is 13.7. The molecule has 3 aromatic rings. The molecule has 0 saturated heterocycles. The molecular weight excluding hydrogens is 407 g/mol. The van der Waals surface area contributed by atoms with Gasteiger partial charge in [-0.3, -0.25) is 0 Å². The molecule has 0 atom stereocenters. The molecule has 5 heteroatoms. The molecule has 3 rings (SSSR count). The summed E-state index contributed by atoms with van der Waals surface area (Å²) in [5, 5.41) is 0. The molecule has 0 aliphatic rings. The summed E-state index contributed by atoms with van der Waals surface area (Å²) in [4.78, 5) is 0. The van der Waals surface area contributed by atoms with Crippen LogP contribution in [0.15, 0.2) is 42.5 Å². The Morgan fingerprint density at radius 2 is 0.806 bits per heavy atom. The molecule has 164 valence electrons. The molecule has 0 aliphatic carbocycles. The highest BCUT2D eigenvalue weighted by atomic mass is 31.2. The molecule has 0 heterocycles. The van der Waals surface area contributed by atoms with Crippen molar-refractivity contribution in [3.63, 3.8) is 0 Å². The zero-order valence-corrected chi connectivity index (χ0v) is 20.5. The van der Waals surface area contributed by atoms with Crippen molar-refractivity contribution < 1.29 is 18.1 Å². The average molecular weight is 439 g/mol. The monoisotopic (exact) mass is 438 g/mol. The maximum absolute atomic E-state index is 14.1. The molecule has 31 heavy (non-hydrogen) atoms. The Morgan fingerprint density at radius 3 is 1.13 bits per heavy atom. The molecule has 0 spiro atoms. The van der Waals surface area contributed by atoms with Gasteiger partial charge in [-0.2, -0.15) is 4.57 Å². The maximum Gasteiger partial charge on any atom is 0.647 e. The minimum absolute atomic E-state index is 0.510. The van der Waals surface area contributed by atoms with Gasteiger partial charge in [0.1, 0.15) is 17.2 Å². The zero-order chi connectivity index (χ0) is 22.9. The number of aryl methyl sites for hydroxylation is 8. The van der Waals surface area contributed by atoms with Gasteiger partial charge in [-0.1, -0.05) is 53.6 Å². The highest BCUT2D eigenvalue weighted by Gasteiger charge is 2.36. The summed E-state index contributed by atoms with van der Waals surface area (Å²) in [5.41, 5.74) is 7.46. The number of hydrogen-bond donors (Lipinski definition) is 0. The summed E-state index contributed by atoms with van der Waals surface area (Å²) >= 11 is 0. The van der Waals surface area contributed by atoms with Crippen LogP contribution in [0.3, 0.4) is 0 Å². The number of hydrogen-bond acceptors (Lipinski definition) is 4. The first-order chi connectivity index (χ1) is 14.5. The Hall–Kier alpha value is -2.71. The third-order valence-electron chi connectivity index (χ3n) is 5.23. The molecule has 0 bridgehead atoms. The van der Waals surface area contributed by atoms with Gasteiger partial charge in [0.2, 0.25) is 0 Å². The highest BCUT2D eigenvalue weighted by Crippen LogP contribution is 2.53. The van der Waals surface area contributed by atoms with Gasteiger partial charge < -0.3 is 13.6 Å². The van der Waals surface area contributed by atoms with Gasteiger partial charge in [0, 0.05) is 0 Å². The fourth-order valence-corrected chi connectivity index (χ4v) is 5.60. The average Bonchev–Trinajstić information content (AvgIpc) is 2.65. The lowest BCUT2D eigenvalue weighted by molar-refractivity contribution is 0.294. The summed E-state index contributed by atoms with van der Waals surface area (Å²) < 4.78 is 32.4. The first-order valence-electron chi connectivity index (χ1n) is 10.4. The summed E-state index contributed by atoms with van der Waals surface area (Å²) in [7, 11) is -4.08. The van der Waals surface area contributed by atoms with E-state index in [0.717, 1.165) is 44.5 Å². The van der Waals surface area contributed by atoms with E-state index in [4.69, 9.17) is 13.6 Å². The van der Waals surface area contributed by atoms with Crippen molar-refractivity contribution in [3.8, 4) is 17.2 Å². The van der Waals surface area contributed by atoms with E-state index in [1.54, 1.807) is 0 Å². The smallest absolute Gasteiger partial charge is 0.385 e. The van der Waals surface area contributed by atoms with Crippen LogP contribution in [0.4, 0.5) is 0 Å². The van der Waals surface area contributed by atoms with Crippen molar-refractivity contribution in [2.24, 2.45) is 0 Å². The van der Waals surface area contributed by atoms with E-state index in [1.807, 2.05) is 97.9 Å². The van der Waals surface area contributed by atoms with E-state index in [2.05, 4.69) is 0 Å². The molecular formula is C26H31O4P. The van der Waals surface area contributed by atoms with Gasteiger partial charge >= 0.3 is 7.82 Å². The first kappa shape index (κ1) is 23.0. The van der Waals surface area contributed by atoms with Crippen molar-refractivity contribution in [1.29, 1.82) is 0 Å². The zero-order valence-electron chi connectivity index (χ0n) is 19.6. The van der Waals surface area contributed by atoms with Crippen LogP contribution in [-0.2, 0) is 4.57 Å². The number of benzene rings is 3. The van der Waals surface area contributed by atoms with Crippen LogP contribution in [0.2, 0.25) is 0 Å². The van der Waals surface area contributed by atoms with Crippen LogP contribution in [0.1, 0.15) is 44.5 Å². The molecule has 0 amide bonds. The highest BCUT2D eigenvalue weighted by molar-refractivity contribution is 7.49. The van der Waals surface area contributed by atoms with Gasteiger partial charge in [-0.25, -0.2) is 0 Å². The second-order valence-corrected chi connectivity index (χ2v) is 9.84. The normalized spacial score (nSPS) is 11.4. The number of phosphoric acid groups is 1. The fourth-order valence-electron chi connectivity index (χ4n) is 3.96. The topological polar surface area (TPSA) is 44.8 Å². The molecule has 3 aromatic carbocycles. The lowest BCUT2D eigenvalue weighted by Crippen LogP contribution is -2.11. The number of phosphoric ester groups is 1. The van der Waals surface area contributed by atoms with E-state index in [9.17, 15) is 4.57 Å². The van der Waals surface area contributed by atoms with E-state index < -0.39 is 7.82 Å². The Kier molecular flexibility index (Phi) is 6.52. The fraction of sp³-hybridized carbons (Fsp3) is 0.308. The molecule has 4 nitrogen and oxygen atoms in total. The summed E-state index contributed by atoms with van der Waals surface area (Å²) in [6.45, 7) is 15.6. The molecule has 0 fully saturated rings. The largest absolute Gasteiger partial charge is 0.647 e. The Morgan fingerprint density at radius 1 is 0.516 bits per heavy atom. The minimum atomic E-state index is -4.08. The molecule has 0 radical (unpaired) electrons. The maximum atomic E-state index is 14.1. The van der Waals surface area contributed by atoms with E-state index in [-0.39, 0.29) is 0 Å². The molecule has 0 aromatic heterocycles. The van der Waals surface area contributed by atoms with Crippen LogP contribution in [0.25, 0.3) is 0 Å². The Balaban J connectivity index is 2.11. The number of rotatable bonds is 6. The van der Waals surface area contributed by atoms with E-state index >= 15 is 0 Å². The van der Waals surface area contributed by atoms with Gasteiger partial charge in [-0.05, 0) is 88.8 Å². The van der Waals surface area contributed by atoms with Gasteiger partial charge in [0.25, 0.3) is 0 Å². The van der Waals surface area contributed by atoms with Crippen molar-refractivity contribution in [2.75, 3.05) is 0 Å². The quantitative estimate of drug-likeness (QED) is 0.368. The molecule has 0 saturated carbocycles. The summed E-state index contributed by atoms with van der Waals surface area (Å²) in [5.74, 6) is 1.54. The number of para-hydroxylation sites is 1. The Labute approximate surface area is 185 Å². The van der Waals surface area contributed by atoms with Crippen LogP contribution < -0.4 is 13.6 Å². The van der Waals surface area contributed by atoms with Crippen LogP contribution in [0.5, 0.6) is 17.2 Å². The second-order valence-electron chi connectivity index (χ2n) is 8.40. The van der Waals surface area contributed by atoms with Crippen LogP contribution in [0, 0.1) is 55.4 Å². The van der Waals surface area contributed by atoms with Gasteiger partial charge in [0.15, 0.2) is 0 Å². The van der Waals surface area contributed by atoms with Crippen LogP contribution >= 0.6 is 7.82 Å². The van der Waals surface area contributed by atoms with Crippen molar-refractivity contribution >= 4 is 7.82 Å². The van der Waals surface area contributed by atoms with Crippen LogP contribution in [-0.4, -0.2) is 0 Å². The molecule has 0 unspecified atom stereocenters. The van der Waals surface area contributed by atoms with E-state index in [0.29, 0.717) is 17.2 Å². The predicted octanol–water partition coefficient (Wildman–Crippen LogP) is 7.80. The second kappa shape index (κ2) is 8.80. The van der Waals surface area contributed by atoms with Crippen molar-refractivity contribution in [1.82, 2.24) is 0 Å². The lowest BCUT2D eigenvalue weighted by Gasteiger charge is -2.24. The van der Waals surface area contributed by atoms with E-state index in [1.165, 1.54) is 0 Å². The standard InChI is InChI=1S/C26H31O4P/c1-16-12-20(5)25(21(6)13-16)29-31(27,28-24-18(3)10-9-11-19(24)4)30-26-22(7)14-17(2)15-23(26)8/h9-15H,1-8H3. The molecule has 0 N–H and O–H groups in total.